The summed E-state index contributed by atoms with van der Waals surface area (Å²) in [6, 6.07) is 21.2. The molecule has 6 heteroatoms. The van der Waals surface area contributed by atoms with Crippen LogP contribution in [0.3, 0.4) is 0 Å². The van der Waals surface area contributed by atoms with Crippen molar-refractivity contribution < 1.29 is 19.1 Å². The Labute approximate surface area is 190 Å². The first-order chi connectivity index (χ1) is 14.9. The van der Waals surface area contributed by atoms with E-state index in [4.69, 9.17) is 32.7 Å². The van der Waals surface area contributed by atoms with Crippen molar-refractivity contribution >= 4 is 35.1 Å². The second-order valence-electron chi connectivity index (χ2n) is 7.79. The van der Waals surface area contributed by atoms with E-state index < -0.39 is 17.4 Å². The maximum absolute atomic E-state index is 12.5. The van der Waals surface area contributed by atoms with Gasteiger partial charge in [-0.1, -0.05) is 47.5 Å². The summed E-state index contributed by atoms with van der Waals surface area (Å²) >= 11 is 11.8. The highest BCUT2D eigenvalue weighted by atomic mass is 35.5. The molecule has 0 bridgehead atoms. The first kappa shape index (κ1) is 21.4. The van der Waals surface area contributed by atoms with E-state index in [1.54, 1.807) is 48.5 Å². The Morgan fingerprint density at radius 1 is 0.677 bits per heavy atom. The average molecular weight is 455 g/mol. The largest absolute Gasteiger partial charge is 0.461 e. The van der Waals surface area contributed by atoms with Crippen LogP contribution in [0.4, 0.5) is 0 Å². The highest BCUT2D eigenvalue weighted by molar-refractivity contribution is 6.31. The molecule has 0 unspecified atom stereocenters. The molecule has 4 rings (SSSR count). The lowest BCUT2D eigenvalue weighted by Gasteiger charge is -2.28. The minimum absolute atomic E-state index is 0.136. The minimum Gasteiger partial charge on any atom is -0.461 e. The fourth-order valence-corrected chi connectivity index (χ4v) is 4.05. The molecule has 0 spiro atoms. The summed E-state index contributed by atoms with van der Waals surface area (Å²) in [4.78, 5) is 25.1. The van der Waals surface area contributed by atoms with Crippen molar-refractivity contribution in [2.75, 3.05) is 13.2 Å². The number of carbonyl (C=O) groups excluding carboxylic acids is 2. The summed E-state index contributed by atoms with van der Waals surface area (Å²) in [5, 5.41) is 1.10. The number of benzene rings is 3. The third kappa shape index (κ3) is 5.09. The molecule has 3 aromatic rings. The lowest BCUT2D eigenvalue weighted by Crippen LogP contribution is -2.35. The summed E-state index contributed by atoms with van der Waals surface area (Å²) < 4.78 is 11.3. The number of rotatable bonds is 6. The topological polar surface area (TPSA) is 52.6 Å². The predicted octanol–water partition coefficient (Wildman–Crippen LogP) is 5.79. The molecule has 0 radical (unpaired) electrons. The average Bonchev–Trinajstić information content (AvgIpc) is 3.16. The Morgan fingerprint density at radius 2 is 1.06 bits per heavy atom. The van der Waals surface area contributed by atoms with Crippen LogP contribution < -0.4 is 0 Å². The van der Waals surface area contributed by atoms with Gasteiger partial charge in [0.05, 0.1) is 11.1 Å². The molecule has 3 aromatic carbocycles. The van der Waals surface area contributed by atoms with Gasteiger partial charge in [-0.2, -0.15) is 0 Å². The first-order valence-electron chi connectivity index (χ1n) is 9.86. The van der Waals surface area contributed by atoms with Crippen LogP contribution in [-0.4, -0.2) is 25.2 Å². The molecule has 0 aromatic heterocycles. The highest BCUT2D eigenvalue weighted by Gasteiger charge is 2.40. The van der Waals surface area contributed by atoms with Crippen LogP contribution in [0, 0.1) is 5.41 Å². The summed E-state index contributed by atoms with van der Waals surface area (Å²) in [6.07, 6.45) is 1.32. The number of carbonyl (C=O) groups is 2. The van der Waals surface area contributed by atoms with E-state index in [0.29, 0.717) is 34.0 Å². The van der Waals surface area contributed by atoms with Crippen molar-refractivity contribution in [1.29, 1.82) is 0 Å². The zero-order valence-electron chi connectivity index (χ0n) is 16.6. The Kier molecular flexibility index (Phi) is 6.30. The number of esters is 2. The van der Waals surface area contributed by atoms with Crippen molar-refractivity contribution in [2.45, 2.75) is 12.8 Å². The van der Waals surface area contributed by atoms with Crippen LogP contribution in [0.5, 0.6) is 0 Å². The van der Waals surface area contributed by atoms with E-state index in [1.807, 2.05) is 12.1 Å². The molecule has 0 saturated carbocycles. The molecule has 0 atom stereocenters. The van der Waals surface area contributed by atoms with E-state index in [9.17, 15) is 9.59 Å². The second kappa shape index (κ2) is 9.13. The van der Waals surface area contributed by atoms with Gasteiger partial charge in [0.15, 0.2) is 0 Å². The lowest BCUT2D eigenvalue weighted by molar-refractivity contribution is -0.00223. The van der Waals surface area contributed by atoms with Crippen LogP contribution in [0.2, 0.25) is 10.0 Å². The number of ether oxygens (including phenoxy) is 2. The molecule has 0 N–H and O–H groups in total. The smallest absolute Gasteiger partial charge is 0.338 e. The molecule has 0 fully saturated rings. The molecule has 0 heterocycles. The Morgan fingerprint density at radius 3 is 1.45 bits per heavy atom. The molecule has 1 aliphatic carbocycles. The molecule has 0 saturated heterocycles. The summed E-state index contributed by atoms with van der Waals surface area (Å²) in [5.41, 5.74) is 2.68. The minimum atomic E-state index is -0.520. The molecule has 31 heavy (non-hydrogen) atoms. The zero-order chi connectivity index (χ0) is 21.8. The quantitative estimate of drug-likeness (QED) is 0.442. The number of hydrogen-bond acceptors (Lipinski definition) is 4. The van der Waals surface area contributed by atoms with Crippen LogP contribution in [0.15, 0.2) is 72.8 Å². The Balaban J connectivity index is 1.47. The predicted molar refractivity (Wildman–Crippen MR) is 120 cm³/mol. The molecular weight excluding hydrogens is 435 g/mol. The summed E-state index contributed by atoms with van der Waals surface area (Å²) in [5.74, 6) is -0.868. The van der Waals surface area contributed by atoms with E-state index >= 15 is 0 Å². The fraction of sp³-hybridized carbons (Fsp3) is 0.200. The maximum atomic E-state index is 12.5. The van der Waals surface area contributed by atoms with Gasteiger partial charge in [-0.25, -0.2) is 9.59 Å². The van der Waals surface area contributed by atoms with Gasteiger partial charge in [-0.05, 0) is 72.5 Å². The van der Waals surface area contributed by atoms with Gasteiger partial charge >= 0.3 is 11.9 Å². The second-order valence-corrected chi connectivity index (χ2v) is 8.66. The van der Waals surface area contributed by atoms with Crippen molar-refractivity contribution in [2.24, 2.45) is 5.41 Å². The standard InChI is InChI=1S/C25H20Cl2O4/c26-21-9-5-17(6-10-21)23(28)30-15-25(13-19-3-1-2-4-20(19)14-25)16-31-24(29)18-7-11-22(27)12-8-18/h1-12H,13-16H2. The van der Waals surface area contributed by atoms with Crippen molar-refractivity contribution in [3.8, 4) is 0 Å². The first-order valence-corrected chi connectivity index (χ1v) is 10.6. The Hall–Kier alpha value is -2.82. The lowest BCUT2D eigenvalue weighted by atomic mass is 9.86. The van der Waals surface area contributed by atoms with Gasteiger partial charge in [0.25, 0.3) is 0 Å². The van der Waals surface area contributed by atoms with Crippen molar-refractivity contribution in [1.82, 2.24) is 0 Å². The molecule has 1 aliphatic rings. The zero-order valence-corrected chi connectivity index (χ0v) is 18.2. The van der Waals surface area contributed by atoms with Gasteiger partial charge in [0.1, 0.15) is 13.2 Å². The van der Waals surface area contributed by atoms with Gasteiger partial charge in [-0.3, -0.25) is 0 Å². The molecule has 0 amide bonds. The summed E-state index contributed by atoms with van der Waals surface area (Å²) in [6.45, 7) is 0.272. The van der Waals surface area contributed by atoms with Crippen LogP contribution in [0.25, 0.3) is 0 Å². The number of halogens is 2. The van der Waals surface area contributed by atoms with E-state index in [2.05, 4.69) is 12.1 Å². The van der Waals surface area contributed by atoms with Crippen LogP contribution in [0.1, 0.15) is 31.8 Å². The molecule has 158 valence electrons. The monoisotopic (exact) mass is 454 g/mol. The van der Waals surface area contributed by atoms with Crippen LogP contribution in [-0.2, 0) is 22.3 Å². The van der Waals surface area contributed by atoms with Crippen LogP contribution >= 0.6 is 23.2 Å². The molecular formula is C25H20Cl2O4. The van der Waals surface area contributed by atoms with E-state index in [-0.39, 0.29) is 13.2 Å². The van der Waals surface area contributed by atoms with Gasteiger partial charge < -0.3 is 9.47 Å². The summed E-state index contributed by atoms with van der Waals surface area (Å²) in [7, 11) is 0. The molecule has 0 aliphatic heterocycles. The third-order valence-corrected chi connectivity index (χ3v) is 5.93. The fourth-order valence-electron chi connectivity index (χ4n) is 3.79. The third-order valence-electron chi connectivity index (χ3n) is 5.43. The number of fused-ring (bicyclic) bond motifs is 1. The SMILES string of the molecule is O=C(OCC1(COC(=O)c2ccc(Cl)cc2)Cc2ccccc2C1)c1ccc(Cl)cc1. The molecule has 4 nitrogen and oxygen atoms in total. The van der Waals surface area contributed by atoms with Gasteiger partial charge in [0.2, 0.25) is 0 Å². The van der Waals surface area contributed by atoms with E-state index in [0.717, 1.165) is 0 Å². The maximum Gasteiger partial charge on any atom is 0.338 e. The van der Waals surface area contributed by atoms with Crippen molar-refractivity contribution in [3.05, 3.63) is 105 Å². The van der Waals surface area contributed by atoms with Gasteiger partial charge in [-0.15, -0.1) is 0 Å². The van der Waals surface area contributed by atoms with Gasteiger partial charge in [0, 0.05) is 15.5 Å². The number of hydrogen-bond donors (Lipinski definition) is 0. The highest BCUT2D eigenvalue weighted by Crippen LogP contribution is 2.38. The van der Waals surface area contributed by atoms with Crippen molar-refractivity contribution in [3.63, 3.8) is 0 Å². The van der Waals surface area contributed by atoms with E-state index in [1.165, 1.54) is 11.1 Å². The Bertz CT molecular complexity index is 1000. The normalized spacial score (nSPS) is 14.0.